The average Bonchev–Trinajstić information content (AvgIpc) is 3.29. The van der Waals surface area contributed by atoms with E-state index in [4.69, 9.17) is 15.3 Å². The first-order valence-electron chi connectivity index (χ1n) is 9.87. The molecule has 3 heterocycles. The standard InChI is InChI=1S/C19H17N7O7S2/c1-32-23-12(14-22-19(20)35-24-14)15(27)21-13-16(28)25-11(6-7-34-17(13)25)18(29)33-8-9-2-4-10(5-3-9)26(30)31/h2-6,13,17H,7-8H2,1H3,(H,21,27)(H2,20,22,24)/b23-12+/t13?,17-/m1/s1. The summed E-state index contributed by atoms with van der Waals surface area (Å²) in [4.78, 5) is 58.3. The molecule has 0 aliphatic carbocycles. The molecule has 2 aliphatic rings. The highest BCUT2D eigenvalue weighted by molar-refractivity contribution is 8.00. The number of aromatic nitrogens is 2. The van der Waals surface area contributed by atoms with Gasteiger partial charge in [-0.3, -0.25) is 24.6 Å². The summed E-state index contributed by atoms with van der Waals surface area (Å²) in [5.41, 5.74) is 5.84. The van der Waals surface area contributed by atoms with Crippen molar-refractivity contribution in [3.8, 4) is 0 Å². The van der Waals surface area contributed by atoms with Gasteiger partial charge < -0.3 is 20.6 Å². The van der Waals surface area contributed by atoms with Crippen LogP contribution in [0.4, 0.5) is 10.8 Å². The van der Waals surface area contributed by atoms with E-state index >= 15 is 0 Å². The number of carbonyl (C=O) groups excluding carboxylic acids is 3. The monoisotopic (exact) mass is 519 g/mol. The van der Waals surface area contributed by atoms with E-state index in [2.05, 4.69) is 19.8 Å². The fourth-order valence-corrected chi connectivity index (χ4v) is 4.91. The molecule has 0 saturated carbocycles. The van der Waals surface area contributed by atoms with Crippen LogP contribution in [0.1, 0.15) is 11.4 Å². The van der Waals surface area contributed by atoms with E-state index in [1.807, 2.05) is 0 Å². The number of thioether (sulfide) groups is 1. The minimum atomic E-state index is -0.920. The number of oxime groups is 1. The number of hydrogen-bond acceptors (Lipinski definition) is 13. The second-order valence-corrected chi connectivity index (χ2v) is 8.98. The molecule has 0 spiro atoms. The van der Waals surface area contributed by atoms with Crippen LogP contribution in [0, 0.1) is 10.1 Å². The van der Waals surface area contributed by atoms with Crippen LogP contribution in [0.25, 0.3) is 0 Å². The van der Waals surface area contributed by atoms with Gasteiger partial charge in [-0.05, 0) is 23.8 Å². The Bertz CT molecular complexity index is 1240. The number of anilines is 1. The number of hydrogen-bond donors (Lipinski definition) is 2. The van der Waals surface area contributed by atoms with Gasteiger partial charge in [-0.2, -0.15) is 9.36 Å². The summed E-state index contributed by atoms with van der Waals surface area (Å²) in [6, 6.07) is 4.64. The lowest BCUT2D eigenvalue weighted by atomic mass is 10.0. The van der Waals surface area contributed by atoms with Gasteiger partial charge in [-0.25, -0.2) is 4.79 Å². The lowest BCUT2D eigenvalue weighted by Crippen LogP contribution is -2.70. The van der Waals surface area contributed by atoms with Crippen LogP contribution in [0.2, 0.25) is 0 Å². The van der Waals surface area contributed by atoms with Crippen LogP contribution in [-0.2, 0) is 30.6 Å². The van der Waals surface area contributed by atoms with Gasteiger partial charge in [0.1, 0.15) is 30.8 Å². The predicted molar refractivity (Wildman–Crippen MR) is 124 cm³/mol. The third-order valence-corrected chi connectivity index (χ3v) is 6.64. The predicted octanol–water partition coefficient (Wildman–Crippen LogP) is 0.406. The highest BCUT2D eigenvalue weighted by Crippen LogP contribution is 2.38. The van der Waals surface area contributed by atoms with Crippen LogP contribution in [0.15, 0.2) is 41.2 Å². The highest BCUT2D eigenvalue weighted by Gasteiger charge is 2.53. The van der Waals surface area contributed by atoms with Crippen molar-refractivity contribution in [2.24, 2.45) is 5.16 Å². The Morgan fingerprint density at radius 2 is 2.11 bits per heavy atom. The van der Waals surface area contributed by atoms with Crippen molar-refractivity contribution in [3.63, 3.8) is 0 Å². The van der Waals surface area contributed by atoms with Crippen molar-refractivity contribution in [1.82, 2.24) is 19.6 Å². The number of ether oxygens (including phenoxy) is 1. The molecule has 4 rings (SSSR count). The minimum absolute atomic E-state index is 0.0396. The van der Waals surface area contributed by atoms with E-state index in [1.165, 1.54) is 48.0 Å². The molecule has 2 aliphatic heterocycles. The fourth-order valence-electron chi connectivity index (χ4n) is 3.28. The van der Waals surface area contributed by atoms with Crippen molar-refractivity contribution in [3.05, 3.63) is 57.5 Å². The average molecular weight is 520 g/mol. The highest BCUT2D eigenvalue weighted by atomic mass is 32.2. The second-order valence-electron chi connectivity index (χ2n) is 7.05. The van der Waals surface area contributed by atoms with E-state index < -0.39 is 34.1 Å². The Kier molecular flexibility index (Phi) is 6.92. The van der Waals surface area contributed by atoms with E-state index in [1.54, 1.807) is 6.08 Å². The van der Waals surface area contributed by atoms with Crippen molar-refractivity contribution in [2.75, 3.05) is 18.6 Å². The van der Waals surface area contributed by atoms with Gasteiger partial charge >= 0.3 is 5.97 Å². The van der Waals surface area contributed by atoms with Crippen molar-refractivity contribution in [2.45, 2.75) is 18.0 Å². The summed E-state index contributed by atoms with van der Waals surface area (Å²) in [5, 5.41) is 16.6. The number of carbonyl (C=O) groups is 3. The molecule has 0 bridgehead atoms. The second kappa shape index (κ2) is 10.1. The Hall–Kier alpha value is -4.05. The van der Waals surface area contributed by atoms with Crippen LogP contribution in [-0.4, -0.2) is 67.0 Å². The van der Waals surface area contributed by atoms with Gasteiger partial charge in [0.15, 0.2) is 5.13 Å². The zero-order chi connectivity index (χ0) is 25.1. The number of nitrogens with two attached hydrogens (primary N) is 1. The summed E-state index contributed by atoms with van der Waals surface area (Å²) < 4.78 is 9.22. The van der Waals surface area contributed by atoms with Crippen LogP contribution < -0.4 is 11.1 Å². The Balaban J connectivity index is 1.38. The molecule has 1 unspecified atom stereocenters. The number of nitrogen functional groups attached to an aromatic ring is 1. The number of esters is 1. The first kappa shape index (κ1) is 24.1. The normalized spacial score (nSPS) is 19.2. The van der Waals surface area contributed by atoms with Gasteiger partial charge in [-0.1, -0.05) is 5.16 Å². The molecule has 14 nitrogen and oxygen atoms in total. The van der Waals surface area contributed by atoms with Gasteiger partial charge in [0.2, 0.25) is 11.5 Å². The van der Waals surface area contributed by atoms with Crippen molar-refractivity contribution < 1.29 is 28.9 Å². The Morgan fingerprint density at radius 3 is 2.74 bits per heavy atom. The zero-order valence-electron chi connectivity index (χ0n) is 17.9. The number of nitrogens with zero attached hydrogens (tertiary/aromatic N) is 5. The molecular formula is C19H17N7O7S2. The molecule has 182 valence electrons. The Morgan fingerprint density at radius 1 is 1.37 bits per heavy atom. The number of fused-ring (bicyclic) bond motifs is 1. The number of nitro benzene ring substituents is 1. The molecule has 0 radical (unpaired) electrons. The van der Waals surface area contributed by atoms with E-state index in [0.717, 1.165) is 11.5 Å². The van der Waals surface area contributed by atoms with Crippen molar-refractivity contribution >= 4 is 57.6 Å². The summed E-state index contributed by atoms with van der Waals surface area (Å²) in [7, 11) is 1.25. The third kappa shape index (κ3) is 4.92. The summed E-state index contributed by atoms with van der Waals surface area (Å²) in [6.07, 6.45) is 1.56. The molecule has 2 amide bonds. The smallest absolute Gasteiger partial charge is 0.355 e. The number of amides is 2. The molecule has 3 N–H and O–H groups in total. The van der Waals surface area contributed by atoms with Gasteiger partial charge in [-0.15, -0.1) is 11.8 Å². The van der Waals surface area contributed by atoms with Crippen molar-refractivity contribution in [1.29, 1.82) is 0 Å². The number of β-lactam (4-membered cyclic amide) rings is 1. The summed E-state index contributed by atoms with van der Waals surface area (Å²) >= 11 is 2.23. The van der Waals surface area contributed by atoms with Crippen LogP contribution in [0.5, 0.6) is 0 Å². The molecule has 1 fully saturated rings. The largest absolute Gasteiger partial charge is 0.456 e. The number of benzene rings is 1. The maximum Gasteiger partial charge on any atom is 0.355 e. The molecule has 2 aromatic rings. The molecule has 1 aromatic heterocycles. The maximum absolute atomic E-state index is 12.8. The van der Waals surface area contributed by atoms with Crippen LogP contribution >= 0.6 is 23.3 Å². The molecule has 1 aromatic carbocycles. The quantitative estimate of drug-likeness (QED) is 0.161. The lowest BCUT2D eigenvalue weighted by Gasteiger charge is -2.48. The first-order valence-corrected chi connectivity index (χ1v) is 11.7. The number of non-ortho nitro benzene ring substituents is 1. The number of rotatable bonds is 8. The SMILES string of the molecule is CO/N=C(/C(=O)NC1C(=O)N2C(C(=O)OCc3ccc([N+](=O)[O-])cc3)=CCS[C@H]12)c1nsc(N)n1. The Labute approximate surface area is 205 Å². The summed E-state index contributed by atoms with van der Waals surface area (Å²) in [6.45, 7) is -0.130. The zero-order valence-corrected chi connectivity index (χ0v) is 19.6. The first-order chi connectivity index (χ1) is 16.8. The fraction of sp³-hybridized carbons (Fsp3) is 0.263. The van der Waals surface area contributed by atoms with E-state index in [-0.39, 0.29) is 34.7 Å². The maximum atomic E-state index is 12.8. The minimum Gasteiger partial charge on any atom is -0.456 e. The molecule has 1 saturated heterocycles. The van der Waals surface area contributed by atoms with Gasteiger partial charge in [0.05, 0.1) is 4.92 Å². The molecule has 2 atom stereocenters. The molecule has 16 heteroatoms. The molecule has 35 heavy (non-hydrogen) atoms. The number of nitro groups is 1. The van der Waals surface area contributed by atoms with E-state index in [9.17, 15) is 24.5 Å². The third-order valence-electron chi connectivity index (χ3n) is 4.91. The van der Waals surface area contributed by atoms with Gasteiger partial charge in [0, 0.05) is 29.4 Å². The molecular weight excluding hydrogens is 502 g/mol. The summed E-state index contributed by atoms with van der Waals surface area (Å²) in [5.74, 6) is -1.60. The number of nitrogens with one attached hydrogen (secondary N) is 1. The van der Waals surface area contributed by atoms with E-state index in [0.29, 0.717) is 11.3 Å². The van der Waals surface area contributed by atoms with Gasteiger partial charge in [0.25, 0.3) is 17.5 Å². The lowest BCUT2D eigenvalue weighted by molar-refractivity contribution is -0.384. The topological polar surface area (TPSA) is 192 Å². The van der Waals surface area contributed by atoms with Crippen LogP contribution in [0.3, 0.4) is 0 Å².